The lowest BCUT2D eigenvalue weighted by molar-refractivity contribution is 0.101. The van der Waals surface area contributed by atoms with Crippen molar-refractivity contribution in [3.05, 3.63) is 70.6 Å². The standard InChI is InChI=1S/C19H23N3O.C5H9N.C4H8/c1-13-18(12-20-4)19(15(3)23)14(2)22(13)17-8-5-7-16(11-17)21-9-6-10-21;1-3-5(2)4-6;1-4(2)3/h5,7-8,11-12H,6,9-10H2,1-4H3;3-4,6H,1-2H3;1H2,2-3H3/b;5-3-,6-4?;. The second-order valence-electron chi connectivity index (χ2n) is 8.48. The third-order valence-corrected chi connectivity index (χ3v) is 5.29. The van der Waals surface area contributed by atoms with Crippen LogP contribution in [0.15, 0.2) is 53.1 Å². The molecule has 5 heteroatoms. The van der Waals surface area contributed by atoms with E-state index in [0.717, 1.165) is 46.9 Å². The third kappa shape index (κ3) is 7.70. The van der Waals surface area contributed by atoms with Crippen LogP contribution in [0, 0.1) is 19.3 Å². The second kappa shape index (κ2) is 13.4. The quantitative estimate of drug-likeness (QED) is 0.313. The molecule has 0 saturated carbocycles. The van der Waals surface area contributed by atoms with Crippen LogP contribution in [0.2, 0.25) is 0 Å². The van der Waals surface area contributed by atoms with Gasteiger partial charge in [0, 0.05) is 66.5 Å². The number of nitrogens with one attached hydrogen (secondary N) is 1. The van der Waals surface area contributed by atoms with Crippen molar-refractivity contribution in [2.75, 3.05) is 25.0 Å². The van der Waals surface area contributed by atoms with Gasteiger partial charge in [-0.15, -0.1) is 6.58 Å². The van der Waals surface area contributed by atoms with E-state index in [0.29, 0.717) is 0 Å². The number of ketones is 1. The summed E-state index contributed by atoms with van der Waals surface area (Å²) in [5, 5.41) is 6.62. The van der Waals surface area contributed by atoms with Crippen molar-refractivity contribution in [1.82, 2.24) is 4.57 Å². The molecule has 1 aromatic carbocycles. The summed E-state index contributed by atoms with van der Waals surface area (Å²) in [6.07, 6.45) is 6.28. The Labute approximate surface area is 200 Å². The van der Waals surface area contributed by atoms with E-state index in [2.05, 4.69) is 45.3 Å². The minimum atomic E-state index is 0.0816. The van der Waals surface area contributed by atoms with Crippen LogP contribution in [0.3, 0.4) is 0 Å². The van der Waals surface area contributed by atoms with E-state index in [4.69, 9.17) is 5.41 Å². The Kier molecular flexibility index (Phi) is 11.3. The molecule has 5 nitrogen and oxygen atoms in total. The van der Waals surface area contributed by atoms with Crippen LogP contribution in [0.1, 0.15) is 68.3 Å². The monoisotopic (exact) mass is 448 g/mol. The number of benzene rings is 1. The zero-order valence-corrected chi connectivity index (χ0v) is 21.6. The summed E-state index contributed by atoms with van der Waals surface area (Å²) < 4.78 is 2.16. The Morgan fingerprint density at radius 3 is 2.06 bits per heavy atom. The van der Waals surface area contributed by atoms with Gasteiger partial charge in [0.1, 0.15) is 0 Å². The lowest BCUT2D eigenvalue weighted by atomic mass is 10.1. The van der Waals surface area contributed by atoms with Crippen LogP contribution in [-0.2, 0) is 0 Å². The molecular formula is C28H40N4O. The number of nitrogens with zero attached hydrogens (tertiary/aromatic N) is 3. The fourth-order valence-corrected chi connectivity index (χ4v) is 3.46. The van der Waals surface area contributed by atoms with Crippen LogP contribution in [0.4, 0.5) is 5.69 Å². The number of allylic oxidation sites excluding steroid dienone is 3. The van der Waals surface area contributed by atoms with Crippen molar-refractivity contribution in [2.24, 2.45) is 4.99 Å². The summed E-state index contributed by atoms with van der Waals surface area (Å²) in [6.45, 7) is 19.2. The van der Waals surface area contributed by atoms with Crippen molar-refractivity contribution in [1.29, 1.82) is 5.41 Å². The van der Waals surface area contributed by atoms with E-state index in [1.54, 1.807) is 20.2 Å². The van der Waals surface area contributed by atoms with Crippen LogP contribution in [0.5, 0.6) is 0 Å². The molecule has 1 aliphatic heterocycles. The Balaban J connectivity index is 0.000000460. The minimum absolute atomic E-state index is 0.0816. The van der Waals surface area contributed by atoms with Gasteiger partial charge in [0.15, 0.2) is 5.78 Å². The number of rotatable bonds is 5. The van der Waals surface area contributed by atoms with Gasteiger partial charge >= 0.3 is 0 Å². The maximum Gasteiger partial charge on any atom is 0.162 e. The first kappa shape index (κ1) is 27.8. The molecule has 0 aliphatic carbocycles. The van der Waals surface area contributed by atoms with Gasteiger partial charge in [0.2, 0.25) is 0 Å². The molecule has 1 aromatic heterocycles. The molecule has 33 heavy (non-hydrogen) atoms. The predicted octanol–water partition coefficient (Wildman–Crippen LogP) is 6.74. The summed E-state index contributed by atoms with van der Waals surface area (Å²) in [7, 11) is 1.74. The third-order valence-electron chi connectivity index (χ3n) is 5.29. The lowest BCUT2D eigenvalue weighted by Crippen LogP contribution is -2.36. The number of Topliss-reactive ketones (excluding diaryl/α,β-unsaturated/α-hetero) is 1. The molecule has 2 heterocycles. The number of carbonyl (C=O) groups is 1. The first-order valence-electron chi connectivity index (χ1n) is 11.3. The molecular weight excluding hydrogens is 408 g/mol. The van der Waals surface area contributed by atoms with Gasteiger partial charge in [-0.2, -0.15) is 0 Å². The first-order valence-corrected chi connectivity index (χ1v) is 11.3. The number of hydrogen-bond acceptors (Lipinski definition) is 4. The van der Waals surface area contributed by atoms with E-state index >= 15 is 0 Å². The average Bonchev–Trinajstić information content (AvgIpc) is 2.96. The topological polar surface area (TPSA) is 61.5 Å². The number of anilines is 1. The van der Waals surface area contributed by atoms with Crippen LogP contribution in [0.25, 0.3) is 5.69 Å². The fraction of sp³-hybridized carbons (Fsp3) is 0.393. The Morgan fingerprint density at radius 1 is 1.09 bits per heavy atom. The molecule has 0 amide bonds. The zero-order chi connectivity index (χ0) is 25.1. The van der Waals surface area contributed by atoms with Crippen molar-refractivity contribution < 1.29 is 4.79 Å². The van der Waals surface area contributed by atoms with Crippen LogP contribution in [-0.4, -0.2) is 42.9 Å². The molecule has 0 atom stereocenters. The number of hydrogen-bond donors (Lipinski definition) is 1. The Bertz CT molecular complexity index is 1030. The van der Waals surface area contributed by atoms with Crippen molar-refractivity contribution >= 4 is 23.9 Å². The van der Waals surface area contributed by atoms with E-state index in [1.807, 2.05) is 47.6 Å². The lowest BCUT2D eigenvalue weighted by Gasteiger charge is -2.33. The predicted molar refractivity (Wildman–Crippen MR) is 144 cm³/mol. The summed E-state index contributed by atoms with van der Waals surface area (Å²) in [5.41, 5.74) is 8.24. The van der Waals surface area contributed by atoms with E-state index in [9.17, 15) is 4.79 Å². The van der Waals surface area contributed by atoms with Gasteiger partial charge in [-0.3, -0.25) is 9.79 Å². The largest absolute Gasteiger partial charge is 0.371 e. The normalized spacial score (nSPS) is 12.8. The molecule has 0 bridgehead atoms. The highest BCUT2D eigenvalue weighted by Crippen LogP contribution is 2.29. The van der Waals surface area contributed by atoms with Gasteiger partial charge in [0.05, 0.1) is 0 Å². The maximum atomic E-state index is 12.1. The summed E-state index contributed by atoms with van der Waals surface area (Å²) >= 11 is 0. The molecule has 1 N–H and O–H groups in total. The molecule has 1 saturated heterocycles. The first-order chi connectivity index (χ1) is 15.6. The molecule has 2 aromatic rings. The van der Waals surface area contributed by atoms with Crippen molar-refractivity contribution in [2.45, 2.75) is 54.9 Å². The van der Waals surface area contributed by atoms with Crippen LogP contribution < -0.4 is 4.90 Å². The van der Waals surface area contributed by atoms with Crippen molar-refractivity contribution in [3.63, 3.8) is 0 Å². The highest BCUT2D eigenvalue weighted by atomic mass is 16.1. The summed E-state index contributed by atoms with van der Waals surface area (Å²) in [5.74, 6) is 0.0816. The number of aliphatic imine (C=N–C) groups is 1. The minimum Gasteiger partial charge on any atom is -0.371 e. The maximum absolute atomic E-state index is 12.1. The highest BCUT2D eigenvalue weighted by Gasteiger charge is 2.21. The van der Waals surface area contributed by atoms with Gasteiger partial charge in [-0.25, -0.2) is 0 Å². The highest BCUT2D eigenvalue weighted by molar-refractivity contribution is 6.04. The van der Waals surface area contributed by atoms with E-state index < -0.39 is 0 Å². The van der Waals surface area contributed by atoms with Gasteiger partial charge in [-0.05, 0) is 78.7 Å². The van der Waals surface area contributed by atoms with Gasteiger partial charge in [-0.1, -0.05) is 17.7 Å². The molecule has 0 radical (unpaired) electrons. The van der Waals surface area contributed by atoms with Gasteiger partial charge < -0.3 is 14.9 Å². The van der Waals surface area contributed by atoms with E-state index in [-0.39, 0.29) is 5.78 Å². The number of carbonyl (C=O) groups excluding carboxylic acids is 1. The van der Waals surface area contributed by atoms with Gasteiger partial charge in [0.25, 0.3) is 0 Å². The molecule has 0 unspecified atom stereocenters. The average molecular weight is 449 g/mol. The van der Waals surface area contributed by atoms with Crippen LogP contribution >= 0.6 is 0 Å². The summed E-state index contributed by atoms with van der Waals surface area (Å²) in [6, 6.07) is 8.54. The summed E-state index contributed by atoms with van der Waals surface area (Å²) in [4.78, 5) is 18.6. The second-order valence-corrected chi connectivity index (χ2v) is 8.48. The molecule has 0 spiro atoms. The Hall–Kier alpha value is -3.21. The molecule has 3 rings (SSSR count). The van der Waals surface area contributed by atoms with Crippen molar-refractivity contribution in [3.8, 4) is 5.69 Å². The van der Waals surface area contributed by atoms with E-state index in [1.165, 1.54) is 23.9 Å². The SMILES string of the molecule is C/C=C(/C)C=N.C=C(C)C.CN=Cc1c(C(C)=O)c(C)n(-c2cccc(N3CCC3)c2)c1C. The molecule has 1 fully saturated rings. The number of aromatic nitrogens is 1. The smallest absolute Gasteiger partial charge is 0.162 e. The Morgan fingerprint density at radius 2 is 1.67 bits per heavy atom. The zero-order valence-electron chi connectivity index (χ0n) is 21.6. The fourth-order valence-electron chi connectivity index (χ4n) is 3.46. The molecule has 178 valence electrons. The molecule has 1 aliphatic rings.